The highest BCUT2D eigenvalue weighted by atomic mass is 127. The normalized spacial score (nSPS) is 17.6. The van der Waals surface area contributed by atoms with Crippen LogP contribution in [0.5, 0.6) is 0 Å². The summed E-state index contributed by atoms with van der Waals surface area (Å²) in [5, 5.41) is 7.74. The Bertz CT molecular complexity index is 827. The lowest BCUT2D eigenvalue weighted by Gasteiger charge is -2.27. The summed E-state index contributed by atoms with van der Waals surface area (Å²) in [4.78, 5) is 13.3. The number of rotatable bonds is 6. The van der Waals surface area contributed by atoms with Crippen LogP contribution in [0.15, 0.2) is 47.6 Å². The molecule has 2 heterocycles. The highest BCUT2D eigenvalue weighted by molar-refractivity contribution is 14.0. The van der Waals surface area contributed by atoms with Gasteiger partial charge in [0.2, 0.25) is 0 Å². The Hall–Kier alpha value is -1.58. The summed E-state index contributed by atoms with van der Waals surface area (Å²) in [6.45, 7) is 4.67. The summed E-state index contributed by atoms with van der Waals surface area (Å²) in [7, 11) is 6.02. The van der Waals surface area contributed by atoms with Gasteiger partial charge in [0, 0.05) is 38.9 Å². The Morgan fingerprint density at radius 3 is 2.67 bits per heavy atom. The molecular weight excluding hydrogens is 511 g/mol. The first-order valence-corrected chi connectivity index (χ1v) is 10.4. The number of pyridine rings is 1. The number of halogens is 2. The average molecular weight is 543 g/mol. The lowest BCUT2D eigenvalue weighted by molar-refractivity contribution is 0.298. The molecule has 0 spiro atoms. The molecule has 1 aromatic carbocycles. The maximum atomic E-state index is 6.30. The number of guanidine groups is 1. The molecular formula is C22H32ClIN6. The molecule has 3 rings (SSSR count). The summed E-state index contributed by atoms with van der Waals surface area (Å²) in [5.41, 5.74) is 2.57. The van der Waals surface area contributed by atoms with E-state index in [2.05, 4.69) is 75.7 Å². The van der Waals surface area contributed by atoms with Crippen LogP contribution < -0.4 is 15.5 Å². The van der Waals surface area contributed by atoms with Gasteiger partial charge in [0.1, 0.15) is 5.82 Å². The minimum Gasteiger partial charge on any atom is -0.354 e. The van der Waals surface area contributed by atoms with E-state index in [0.29, 0.717) is 11.1 Å². The van der Waals surface area contributed by atoms with Gasteiger partial charge in [-0.05, 0) is 45.1 Å². The second kappa shape index (κ2) is 11.7. The minimum atomic E-state index is 0. The fraction of sp³-hybridized carbons (Fsp3) is 0.455. The van der Waals surface area contributed by atoms with Crippen LogP contribution in [0.2, 0.25) is 5.02 Å². The van der Waals surface area contributed by atoms with E-state index in [1.807, 2.05) is 19.2 Å². The number of anilines is 1. The number of nitrogens with zero attached hydrogens (tertiary/aromatic N) is 4. The van der Waals surface area contributed by atoms with Gasteiger partial charge in [-0.15, -0.1) is 24.0 Å². The third kappa shape index (κ3) is 6.46. The van der Waals surface area contributed by atoms with E-state index < -0.39 is 0 Å². The Morgan fingerprint density at radius 2 is 2.03 bits per heavy atom. The number of benzene rings is 1. The van der Waals surface area contributed by atoms with Crippen molar-refractivity contribution in [1.29, 1.82) is 0 Å². The molecule has 0 aliphatic carbocycles. The zero-order valence-corrected chi connectivity index (χ0v) is 21.2. The number of aliphatic imine (C=N–C) groups is 1. The van der Waals surface area contributed by atoms with Gasteiger partial charge in [-0.3, -0.25) is 4.99 Å². The smallest absolute Gasteiger partial charge is 0.191 e. The van der Waals surface area contributed by atoms with Crippen molar-refractivity contribution in [2.75, 3.05) is 45.7 Å². The van der Waals surface area contributed by atoms with Crippen molar-refractivity contribution >= 4 is 47.4 Å². The molecule has 1 fully saturated rings. The van der Waals surface area contributed by atoms with Gasteiger partial charge >= 0.3 is 0 Å². The van der Waals surface area contributed by atoms with Crippen LogP contribution in [0, 0.1) is 6.92 Å². The summed E-state index contributed by atoms with van der Waals surface area (Å²) >= 11 is 6.30. The molecule has 0 radical (unpaired) electrons. The highest BCUT2D eigenvalue weighted by Gasteiger charge is 2.25. The van der Waals surface area contributed by atoms with Crippen molar-refractivity contribution in [3.05, 3.63) is 58.7 Å². The molecule has 30 heavy (non-hydrogen) atoms. The van der Waals surface area contributed by atoms with Gasteiger partial charge in [0.05, 0.1) is 11.1 Å². The lowest BCUT2D eigenvalue weighted by Crippen LogP contribution is -2.46. The van der Waals surface area contributed by atoms with Crippen molar-refractivity contribution in [2.24, 2.45) is 4.99 Å². The number of likely N-dealkylation sites (N-methyl/N-ethyl adjacent to an activating group) is 1. The van der Waals surface area contributed by atoms with Crippen LogP contribution in [0.25, 0.3) is 0 Å². The third-order valence-corrected chi connectivity index (χ3v) is 5.63. The molecule has 1 aliphatic heterocycles. The van der Waals surface area contributed by atoms with Crippen molar-refractivity contribution in [3.8, 4) is 0 Å². The van der Waals surface area contributed by atoms with E-state index in [0.717, 1.165) is 37.8 Å². The fourth-order valence-electron chi connectivity index (χ4n) is 3.65. The SMILES string of the molecule is CN=C(NCC(c1ccc(C)cc1)N(C)C)NC1CCN(c2ncccc2Cl)C1.I. The van der Waals surface area contributed by atoms with E-state index >= 15 is 0 Å². The molecule has 0 amide bonds. The molecule has 164 valence electrons. The first-order valence-electron chi connectivity index (χ1n) is 10.0. The summed E-state index contributed by atoms with van der Waals surface area (Å²) in [6.07, 6.45) is 2.80. The number of hydrogen-bond donors (Lipinski definition) is 2. The Morgan fingerprint density at radius 1 is 1.30 bits per heavy atom. The van der Waals surface area contributed by atoms with Crippen molar-refractivity contribution in [3.63, 3.8) is 0 Å². The first kappa shape index (κ1) is 24.7. The van der Waals surface area contributed by atoms with Crippen LogP contribution in [0.1, 0.15) is 23.6 Å². The van der Waals surface area contributed by atoms with Gasteiger partial charge in [-0.2, -0.15) is 0 Å². The van der Waals surface area contributed by atoms with Crippen LogP contribution >= 0.6 is 35.6 Å². The average Bonchev–Trinajstić information content (AvgIpc) is 3.17. The molecule has 8 heteroatoms. The van der Waals surface area contributed by atoms with Crippen LogP contribution in [0.4, 0.5) is 5.82 Å². The van der Waals surface area contributed by atoms with Crippen molar-refractivity contribution < 1.29 is 0 Å². The predicted octanol–water partition coefficient (Wildman–Crippen LogP) is 3.71. The standard InChI is InChI=1S/C22H31ClN6.HI/c1-16-7-9-17(10-8-16)20(28(3)4)14-26-22(24-2)27-18-11-13-29(15-18)21-19(23)6-5-12-25-21;/h5-10,12,18,20H,11,13-15H2,1-4H3,(H2,24,26,27);1H. The topological polar surface area (TPSA) is 55.8 Å². The minimum absolute atomic E-state index is 0. The van der Waals surface area contributed by atoms with Crippen LogP contribution in [-0.4, -0.2) is 62.7 Å². The Balaban J connectivity index is 0.00000320. The fourth-order valence-corrected chi connectivity index (χ4v) is 3.89. The molecule has 2 unspecified atom stereocenters. The molecule has 2 N–H and O–H groups in total. The lowest BCUT2D eigenvalue weighted by atomic mass is 10.0. The third-order valence-electron chi connectivity index (χ3n) is 5.34. The zero-order chi connectivity index (χ0) is 20.8. The van der Waals surface area contributed by atoms with Crippen molar-refractivity contribution in [1.82, 2.24) is 20.5 Å². The zero-order valence-electron chi connectivity index (χ0n) is 18.1. The first-order chi connectivity index (χ1) is 14.0. The van der Waals surface area contributed by atoms with E-state index in [-0.39, 0.29) is 30.0 Å². The maximum Gasteiger partial charge on any atom is 0.191 e. The largest absolute Gasteiger partial charge is 0.354 e. The van der Waals surface area contributed by atoms with Crippen molar-refractivity contribution in [2.45, 2.75) is 25.4 Å². The van der Waals surface area contributed by atoms with Gasteiger partial charge in [0.15, 0.2) is 5.96 Å². The number of nitrogens with one attached hydrogen (secondary N) is 2. The number of hydrogen-bond acceptors (Lipinski definition) is 4. The summed E-state index contributed by atoms with van der Waals surface area (Å²) in [6, 6.07) is 13.0. The maximum absolute atomic E-state index is 6.30. The van der Waals surface area contributed by atoms with Gasteiger partial charge < -0.3 is 20.4 Å². The van der Waals surface area contributed by atoms with E-state index in [1.54, 1.807) is 6.20 Å². The van der Waals surface area contributed by atoms with Gasteiger partial charge in [0.25, 0.3) is 0 Å². The highest BCUT2D eigenvalue weighted by Crippen LogP contribution is 2.25. The molecule has 6 nitrogen and oxygen atoms in total. The van der Waals surface area contributed by atoms with Crippen LogP contribution in [0.3, 0.4) is 0 Å². The number of aromatic nitrogens is 1. The molecule has 0 bridgehead atoms. The van der Waals surface area contributed by atoms with E-state index in [4.69, 9.17) is 11.6 Å². The second-order valence-corrected chi connectivity index (χ2v) is 8.14. The predicted molar refractivity (Wildman–Crippen MR) is 137 cm³/mol. The van der Waals surface area contributed by atoms with E-state index in [9.17, 15) is 0 Å². The Kier molecular flexibility index (Phi) is 9.64. The summed E-state index contributed by atoms with van der Waals surface area (Å²) in [5.74, 6) is 1.68. The molecule has 0 saturated carbocycles. The molecule has 1 saturated heterocycles. The summed E-state index contributed by atoms with van der Waals surface area (Å²) < 4.78 is 0. The molecule has 2 aromatic rings. The monoisotopic (exact) mass is 542 g/mol. The quantitative estimate of drug-likeness (QED) is 0.331. The number of aryl methyl sites for hydroxylation is 1. The molecule has 2 atom stereocenters. The molecule has 1 aliphatic rings. The second-order valence-electron chi connectivity index (χ2n) is 7.73. The molecule has 1 aromatic heterocycles. The Labute approximate surface area is 202 Å². The van der Waals surface area contributed by atoms with Crippen LogP contribution in [-0.2, 0) is 0 Å². The van der Waals surface area contributed by atoms with Gasteiger partial charge in [-0.1, -0.05) is 41.4 Å². The van der Waals surface area contributed by atoms with E-state index in [1.165, 1.54) is 11.1 Å². The van der Waals surface area contributed by atoms with Gasteiger partial charge in [-0.25, -0.2) is 4.98 Å².